The zero-order valence-corrected chi connectivity index (χ0v) is 7.52. The third kappa shape index (κ3) is 2.80. The highest BCUT2D eigenvalue weighted by Gasteiger charge is 1.92. The second-order valence-electron chi connectivity index (χ2n) is 2.09. The third-order valence-corrected chi connectivity index (χ3v) is 1.77. The summed E-state index contributed by atoms with van der Waals surface area (Å²) in [7, 11) is 0. The standard InChI is InChI=1S/C8H11NOS/c1-3-11-5-4-8-9-7(2)6-10-8/h4-6H,3H2,1-2H3. The van der Waals surface area contributed by atoms with Crippen LogP contribution >= 0.6 is 11.8 Å². The second-order valence-corrected chi connectivity index (χ2v) is 3.27. The van der Waals surface area contributed by atoms with Crippen molar-refractivity contribution in [2.24, 2.45) is 0 Å². The molecule has 0 atom stereocenters. The molecule has 11 heavy (non-hydrogen) atoms. The van der Waals surface area contributed by atoms with Crippen molar-refractivity contribution in [2.75, 3.05) is 5.75 Å². The molecule has 1 aromatic heterocycles. The smallest absolute Gasteiger partial charge is 0.219 e. The summed E-state index contributed by atoms with van der Waals surface area (Å²) in [5, 5.41) is 1.99. The number of aromatic nitrogens is 1. The quantitative estimate of drug-likeness (QED) is 0.695. The Kier molecular flexibility index (Phi) is 3.23. The van der Waals surface area contributed by atoms with Gasteiger partial charge in [0.1, 0.15) is 6.26 Å². The molecule has 0 amide bonds. The molecule has 3 heteroatoms. The maximum Gasteiger partial charge on any atom is 0.219 e. The Balaban J connectivity index is 2.50. The molecule has 0 radical (unpaired) electrons. The molecule has 60 valence electrons. The number of hydrogen-bond acceptors (Lipinski definition) is 3. The maximum absolute atomic E-state index is 5.10. The molecule has 0 aliphatic heterocycles. The predicted molar refractivity (Wildman–Crippen MR) is 48.4 cm³/mol. The van der Waals surface area contributed by atoms with E-state index in [0.29, 0.717) is 5.89 Å². The predicted octanol–water partition coefficient (Wildman–Crippen LogP) is 2.71. The van der Waals surface area contributed by atoms with E-state index in [2.05, 4.69) is 11.9 Å². The van der Waals surface area contributed by atoms with Crippen LogP contribution in [0.2, 0.25) is 0 Å². The highest BCUT2D eigenvalue weighted by molar-refractivity contribution is 8.02. The van der Waals surface area contributed by atoms with Crippen molar-refractivity contribution in [1.82, 2.24) is 4.98 Å². The number of oxazole rings is 1. The molecule has 0 saturated carbocycles. The lowest BCUT2D eigenvalue weighted by Gasteiger charge is -1.82. The van der Waals surface area contributed by atoms with Crippen molar-refractivity contribution in [3.63, 3.8) is 0 Å². The summed E-state index contributed by atoms with van der Waals surface area (Å²) in [5.74, 6) is 1.76. The lowest BCUT2D eigenvalue weighted by atomic mass is 10.6. The Bertz CT molecular complexity index is 242. The molecule has 0 unspecified atom stereocenters. The molecule has 0 saturated heterocycles. The van der Waals surface area contributed by atoms with Crippen LogP contribution in [0.25, 0.3) is 6.08 Å². The van der Waals surface area contributed by atoms with Gasteiger partial charge in [-0.15, -0.1) is 11.8 Å². The number of nitrogens with zero attached hydrogens (tertiary/aromatic N) is 1. The van der Waals surface area contributed by atoms with E-state index in [-0.39, 0.29) is 0 Å². The van der Waals surface area contributed by atoms with Crippen molar-refractivity contribution in [2.45, 2.75) is 13.8 Å². The summed E-state index contributed by atoms with van der Waals surface area (Å²) in [4.78, 5) is 4.12. The number of rotatable bonds is 3. The summed E-state index contributed by atoms with van der Waals surface area (Å²) in [6.07, 6.45) is 3.53. The molecule has 0 aliphatic carbocycles. The van der Waals surface area contributed by atoms with E-state index in [0.717, 1.165) is 11.4 Å². The Hall–Kier alpha value is -0.700. The van der Waals surface area contributed by atoms with Gasteiger partial charge in [0, 0.05) is 6.08 Å². The zero-order chi connectivity index (χ0) is 8.10. The second kappa shape index (κ2) is 4.23. The Morgan fingerprint density at radius 1 is 1.73 bits per heavy atom. The summed E-state index contributed by atoms with van der Waals surface area (Å²) < 4.78 is 5.10. The minimum atomic E-state index is 0.684. The highest BCUT2D eigenvalue weighted by Crippen LogP contribution is 2.07. The first-order chi connectivity index (χ1) is 5.33. The summed E-state index contributed by atoms with van der Waals surface area (Å²) in [6, 6.07) is 0. The SMILES string of the molecule is CCSC=Cc1nc(C)co1. The van der Waals surface area contributed by atoms with Crippen LogP contribution in [0.15, 0.2) is 16.1 Å². The van der Waals surface area contributed by atoms with Crippen LogP contribution in [0.4, 0.5) is 0 Å². The van der Waals surface area contributed by atoms with Crippen molar-refractivity contribution in [3.8, 4) is 0 Å². The van der Waals surface area contributed by atoms with Crippen molar-refractivity contribution in [3.05, 3.63) is 23.3 Å². The molecule has 1 heterocycles. The summed E-state index contributed by atoms with van der Waals surface area (Å²) in [5.41, 5.74) is 0.922. The minimum Gasteiger partial charge on any atom is -0.445 e. The molecule has 1 rings (SSSR count). The van der Waals surface area contributed by atoms with Crippen LogP contribution in [0.5, 0.6) is 0 Å². The molecular formula is C8H11NOS. The fourth-order valence-electron chi connectivity index (χ4n) is 0.651. The molecule has 0 bridgehead atoms. The molecule has 1 aromatic rings. The summed E-state index contributed by atoms with van der Waals surface area (Å²) >= 11 is 1.73. The van der Waals surface area contributed by atoms with E-state index in [4.69, 9.17) is 4.42 Å². The van der Waals surface area contributed by atoms with E-state index >= 15 is 0 Å². The molecule has 0 aliphatic rings. The molecule has 0 aromatic carbocycles. The van der Waals surface area contributed by atoms with Crippen LogP contribution in [0.1, 0.15) is 18.5 Å². The third-order valence-electron chi connectivity index (χ3n) is 1.11. The molecule has 0 N–H and O–H groups in total. The van der Waals surface area contributed by atoms with Crippen molar-refractivity contribution >= 4 is 17.8 Å². The van der Waals surface area contributed by atoms with Gasteiger partial charge in [-0.3, -0.25) is 0 Å². The van der Waals surface area contributed by atoms with E-state index < -0.39 is 0 Å². The topological polar surface area (TPSA) is 26.0 Å². The van der Waals surface area contributed by atoms with E-state index in [1.807, 2.05) is 18.4 Å². The molecule has 2 nitrogen and oxygen atoms in total. The van der Waals surface area contributed by atoms with Gasteiger partial charge in [0.25, 0.3) is 0 Å². The van der Waals surface area contributed by atoms with Gasteiger partial charge < -0.3 is 4.42 Å². The number of aryl methyl sites for hydroxylation is 1. The van der Waals surface area contributed by atoms with Crippen molar-refractivity contribution < 1.29 is 4.42 Å². The molecular weight excluding hydrogens is 158 g/mol. The average Bonchev–Trinajstić information content (AvgIpc) is 2.37. The molecule has 0 fully saturated rings. The van der Waals surface area contributed by atoms with Gasteiger partial charge in [-0.25, -0.2) is 4.98 Å². The first kappa shape index (κ1) is 8.40. The first-order valence-electron chi connectivity index (χ1n) is 3.53. The summed E-state index contributed by atoms with van der Waals surface area (Å²) in [6.45, 7) is 4.02. The van der Waals surface area contributed by atoms with Crippen LogP contribution in [0, 0.1) is 6.92 Å². The van der Waals surface area contributed by atoms with Gasteiger partial charge in [0.15, 0.2) is 0 Å². The first-order valence-corrected chi connectivity index (χ1v) is 4.58. The van der Waals surface area contributed by atoms with Gasteiger partial charge in [-0.1, -0.05) is 6.92 Å². The minimum absolute atomic E-state index is 0.684. The maximum atomic E-state index is 5.10. The van der Waals surface area contributed by atoms with Gasteiger partial charge in [0.05, 0.1) is 5.69 Å². The Morgan fingerprint density at radius 2 is 2.55 bits per heavy atom. The van der Waals surface area contributed by atoms with Crippen LogP contribution in [-0.2, 0) is 0 Å². The van der Waals surface area contributed by atoms with Gasteiger partial charge in [0.2, 0.25) is 5.89 Å². The van der Waals surface area contributed by atoms with E-state index in [9.17, 15) is 0 Å². The average molecular weight is 169 g/mol. The largest absolute Gasteiger partial charge is 0.445 e. The van der Waals surface area contributed by atoms with Crippen LogP contribution < -0.4 is 0 Å². The number of hydrogen-bond donors (Lipinski definition) is 0. The number of thioether (sulfide) groups is 1. The fourth-order valence-corrected chi connectivity index (χ4v) is 1.06. The lowest BCUT2D eigenvalue weighted by molar-refractivity contribution is 0.546. The van der Waals surface area contributed by atoms with E-state index in [1.54, 1.807) is 18.0 Å². The molecule has 0 spiro atoms. The fraction of sp³-hybridized carbons (Fsp3) is 0.375. The monoisotopic (exact) mass is 169 g/mol. The van der Waals surface area contributed by atoms with E-state index in [1.165, 1.54) is 0 Å². The highest BCUT2D eigenvalue weighted by atomic mass is 32.2. The van der Waals surface area contributed by atoms with Gasteiger partial charge >= 0.3 is 0 Å². The normalized spacial score (nSPS) is 11.1. The van der Waals surface area contributed by atoms with Gasteiger partial charge in [-0.05, 0) is 18.1 Å². The Morgan fingerprint density at radius 3 is 3.09 bits per heavy atom. The lowest BCUT2D eigenvalue weighted by Crippen LogP contribution is -1.70. The zero-order valence-electron chi connectivity index (χ0n) is 6.70. The van der Waals surface area contributed by atoms with Crippen LogP contribution in [-0.4, -0.2) is 10.7 Å². The van der Waals surface area contributed by atoms with Crippen LogP contribution in [0.3, 0.4) is 0 Å². The Labute approximate surface area is 70.7 Å². The van der Waals surface area contributed by atoms with Crippen molar-refractivity contribution in [1.29, 1.82) is 0 Å². The van der Waals surface area contributed by atoms with Gasteiger partial charge in [-0.2, -0.15) is 0 Å².